The molecule has 0 amide bonds. The summed E-state index contributed by atoms with van der Waals surface area (Å²) in [6, 6.07) is 0. The van der Waals surface area contributed by atoms with Gasteiger partial charge in [0.1, 0.15) is 11.8 Å². The highest BCUT2D eigenvalue weighted by Crippen LogP contribution is 2.51. The third-order valence-corrected chi connectivity index (χ3v) is 3.22. The molecule has 0 aromatic carbocycles. The van der Waals surface area contributed by atoms with Crippen LogP contribution in [0, 0.1) is 23.7 Å². The molecule has 4 unspecified atom stereocenters. The summed E-state index contributed by atoms with van der Waals surface area (Å²) < 4.78 is 4.70. The van der Waals surface area contributed by atoms with Crippen molar-refractivity contribution >= 4 is 11.9 Å². The molecule has 3 rings (SSSR count). The Morgan fingerprint density at radius 1 is 1.33 bits per heavy atom. The number of fused-ring (bicyclic) bond motifs is 5. The van der Waals surface area contributed by atoms with Crippen molar-refractivity contribution in [2.24, 2.45) is 23.7 Å². The second kappa shape index (κ2) is 1.79. The second-order valence-corrected chi connectivity index (χ2v) is 3.76. The lowest BCUT2D eigenvalue weighted by molar-refractivity contribution is -0.138. The molecular formula is C9H9O3+. The van der Waals surface area contributed by atoms with E-state index in [-0.39, 0.29) is 23.8 Å². The molecule has 3 heteroatoms. The van der Waals surface area contributed by atoms with Gasteiger partial charge in [-0.1, -0.05) is 12.2 Å². The molecule has 1 heterocycles. The zero-order chi connectivity index (χ0) is 8.29. The van der Waals surface area contributed by atoms with Crippen LogP contribution in [0.3, 0.4) is 0 Å². The predicted molar refractivity (Wildman–Crippen MR) is 40.8 cm³/mol. The lowest BCUT2D eigenvalue weighted by atomic mass is 9.85. The van der Waals surface area contributed by atoms with Gasteiger partial charge in [0.15, 0.2) is 0 Å². The van der Waals surface area contributed by atoms with E-state index in [2.05, 4.69) is 12.2 Å². The van der Waals surface area contributed by atoms with Crippen molar-refractivity contribution in [3.8, 4) is 0 Å². The molecule has 2 bridgehead atoms. The number of rotatable bonds is 0. The normalized spacial score (nSPS) is 48.3. The Hall–Kier alpha value is -1.12. The molecule has 0 radical (unpaired) electrons. The van der Waals surface area contributed by atoms with Gasteiger partial charge in [-0.25, -0.2) is 9.53 Å². The fourth-order valence-corrected chi connectivity index (χ4v) is 2.72. The van der Waals surface area contributed by atoms with Gasteiger partial charge in [0, 0.05) is 0 Å². The van der Waals surface area contributed by atoms with Crippen LogP contribution >= 0.6 is 0 Å². The number of ether oxygens (including phenoxy) is 1. The smallest absolute Gasteiger partial charge is 0.338 e. The SMILES string of the molecule is O=C1OC(=[OH+])C2C3C=CC(C3)C12. The molecule has 1 aliphatic heterocycles. The molecular weight excluding hydrogens is 156 g/mol. The van der Waals surface area contributed by atoms with Crippen molar-refractivity contribution in [2.75, 3.05) is 0 Å². The number of cyclic esters (lactones) is 2. The minimum Gasteiger partial charge on any atom is -0.338 e. The van der Waals surface area contributed by atoms with Crippen molar-refractivity contribution in [3.05, 3.63) is 12.2 Å². The van der Waals surface area contributed by atoms with Gasteiger partial charge in [-0.2, -0.15) is 0 Å². The standard InChI is InChI=1S/C9H8O3/c10-8-6-4-1-2-5(3-4)7(6)9(11)12-8/h1-2,4-7H,3H2/p+1. The van der Waals surface area contributed by atoms with Gasteiger partial charge >= 0.3 is 11.9 Å². The van der Waals surface area contributed by atoms with Gasteiger partial charge in [0.05, 0.1) is 0 Å². The molecule has 3 nitrogen and oxygen atoms in total. The Kier molecular flexibility index (Phi) is 0.953. The summed E-state index contributed by atoms with van der Waals surface area (Å²) in [5, 5.41) is 0. The number of carbonyl (C=O) groups excluding carboxylic acids is 2. The molecule has 0 aromatic rings. The van der Waals surface area contributed by atoms with Crippen molar-refractivity contribution < 1.29 is 14.3 Å². The number of allylic oxidation sites excluding steroid dienone is 2. The predicted octanol–water partition coefficient (Wildman–Crippen LogP) is 0.484. The molecule has 0 aromatic heterocycles. The van der Waals surface area contributed by atoms with Crippen LogP contribution < -0.4 is 0 Å². The van der Waals surface area contributed by atoms with Gasteiger partial charge in [-0.3, -0.25) is 0 Å². The van der Waals surface area contributed by atoms with Crippen LogP contribution in [0.25, 0.3) is 0 Å². The average molecular weight is 165 g/mol. The van der Waals surface area contributed by atoms with Gasteiger partial charge in [-0.15, -0.1) is 0 Å². The minimum atomic E-state index is -0.241. The second-order valence-electron chi connectivity index (χ2n) is 3.76. The molecule has 4 atom stereocenters. The van der Waals surface area contributed by atoms with E-state index in [4.69, 9.17) is 4.74 Å². The van der Waals surface area contributed by atoms with Crippen LogP contribution in [0.5, 0.6) is 0 Å². The van der Waals surface area contributed by atoms with Crippen LogP contribution in [0.1, 0.15) is 6.42 Å². The zero-order valence-electron chi connectivity index (χ0n) is 6.43. The highest BCUT2D eigenvalue weighted by molar-refractivity contribution is 5.98. The zero-order valence-corrected chi connectivity index (χ0v) is 6.43. The van der Waals surface area contributed by atoms with E-state index in [0.29, 0.717) is 11.8 Å². The highest BCUT2D eigenvalue weighted by atomic mass is 16.6. The first-order valence-corrected chi connectivity index (χ1v) is 4.23. The van der Waals surface area contributed by atoms with E-state index < -0.39 is 0 Å². The van der Waals surface area contributed by atoms with Crippen LogP contribution in [-0.2, 0) is 9.53 Å². The highest BCUT2D eigenvalue weighted by Gasteiger charge is 2.63. The Labute approximate surface area is 69.4 Å². The maximum absolute atomic E-state index is 11.2. The first-order valence-electron chi connectivity index (χ1n) is 4.23. The Morgan fingerprint density at radius 2 is 2.00 bits per heavy atom. The summed E-state index contributed by atoms with van der Waals surface area (Å²) in [6.07, 6.45) is 5.17. The fraction of sp³-hybridized carbons (Fsp3) is 0.556. The average Bonchev–Trinajstić information content (AvgIpc) is 2.64. The lowest BCUT2D eigenvalue weighted by Crippen LogP contribution is -2.21. The summed E-state index contributed by atoms with van der Waals surface area (Å²) in [6.45, 7) is 0. The summed E-state index contributed by atoms with van der Waals surface area (Å²) in [7, 11) is 0. The van der Waals surface area contributed by atoms with Crippen LogP contribution in [0.2, 0.25) is 0 Å². The third-order valence-electron chi connectivity index (χ3n) is 3.22. The Morgan fingerprint density at radius 3 is 2.67 bits per heavy atom. The molecule has 1 saturated carbocycles. The van der Waals surface area contributed by atoms with Gasteiger partial charge < -0.3 is 4.79 Å². The maximum atomic E-state index is 11.2. The molecule has 2 fully saturated rings. The minimum absolute atomic E-state index is 0.0347. The Balaban J connectivity index is 2.08. The largest absolute Gasteiger partial charge is 0.496 e. The summed E-state index contributed by atoms with van der Waals surface area (Å²) >= 11 is 0. The van der Waals surface area contributed by atoms with Crippen molar-refractivity contribution in [3.63, 3.8) is 0 Å². The van der Waals surface area contributed by atoms with Gasteiger partial charge in [-0.05, 0) is 18.3 Å². The van der Waals surface area contributed by atoms with Gasteiger partial charge in [0.25, 0.3) is 0 Å². The number of hydrogen-bond acceptors (Lipinski definition) is 2. The molecule has 1 saturated heterocycles. The van der Waals surface area contributed by atoms with E-state index in [1.165, 1.54) is 0 Å². The Bertz CT molecular complexity index is 277. The quantitative estimate of drug-likeness (QED) is 0.227. The van der Waals surface area contributed by atoms with Crippen LogP contribution in [-0.4, -0.2) is 16.7 Å². The number of carbonyl (C=O) groups is 1. The lowest BCUT2D eigenvalue weighted by Gasteiger charge is -2.08. The van der Waals surface area contributed by atoms with E-state index in [9.17, 15) is 9.59 Å². The van der Waals surface area contributed by atoms with E-state index in [1.807, 2.05) is 0 Å². The van der Waals surface area contributed by atoms with Crippen LogP contribution in [0.4, 0.5) is 0 Å². The first-order chi connectivity index (χ1) is 5.77. The van der Waals surface area contributed by atoms with Crippen molar-refractivity contribution in [2.45, 2.75) is 6.42 Å². The summed E-state index contributed by atoms with van der Waals surface area (Å²) in [4.78, 5) is 20.6. The molecule has 2 aliphatic carbocycles. The molecule has 0 spiro atoms. The molecule has 62 valence electrons. The molecule has 12 heavy (non-hydrogen) atoms. The molecule has 1 N–H and O–H groups in total. The van der Waals surface area contributed by atoms with E-state index in [1.54, 1.807) is 0 Å². The summed E-state index contributed by atoms with van der Waals surface area (Å²) in [5.41, 5.74) is 0. The monoisotopic (exact) mass is 165 g/mol. The van der Waals surface area contributed by atoms with Crippen molar-refractivity contribution in [1.29, 1.82) is 0 Å². The van der Waals surface area contributed by atoms with E-state index in [0.717, 1.165) is 6.42 Å². The molecule has 3 aliphatic rings. The van der Waals surface area contributed by atoms with Crippen molar-refractivity contribution in [1.82, 2.24) is 0 Å². The fourth-order valence-electron chi connectivity index (χ4n) is 2.72. The topological polar surface area (TPSA) is 47.7 Å². The summed E-state index contributed by atoms with van der Waals surface area (Å²) in [5.74, 6) is 0.243. The third kappa shape index (κ3) is 0.543. The number of hydrogen-bond donors (Lipinski definition) is 0. The maximum Gasteiger partial charge on any atom is 0.496 e. The van der Waals surface area contributed by atoms with Crippen LogP contribution in [0.15, 0.2) is 12.2 Å². The first kappa shape index (κ1) is 6.40. The van der Waals surface area contributed by atoms with E-state index >= 15 is 0 Å². The number of esters is 2. The van der Waals surface area contributed by atoms with Gasteiger partial charge in [0.2, 0.25) is 0 Å².